The standard InChI is InChI=1S/C18H22N2O3/c1-2-23-18(21)20-9-7-19(8-10-20)13-15-4-3-5-16(12-15)17-6-11-22-14-17/h3-6,11-12,14H,2,7-10,13H2,1H3. The highest BCUT2D eigenvalue weighted by atomic mass is 16.6. The molecule has 122 valence electrons. The van der Waals surface area contributed by atoms with E-state index in [1.807, 2.05) is 13.0 Å². The molecule has 3 rings (SSSR count). The summed E-state index contributed by atoms with van der Waals surface area (Å²) in [6, 6.07) is 10.5. The molecule has 1 amide bonds. The van der Waals surface area contributed by atoms with Crippen LogP contribution in [-0.2, 0) is 11.3 Å². The molecule has 2 heterocycles. The molecule has 0 bridgehead atoms. The molecular weight excluding hydrogens is 292 g/mol. The molecule has 1 aliphatic rings. The molecule has 1 aliphatic heterocycles. The van der Waals surface area contributed by atoms with Crippen molar-refractivity contribution < 1.29 is 13.9 Å². The monoisotopic (exact) mass is 314 g/mol. The number of amides is 1. The first-order chi connectivity index (χ1) is 11.3. The third kappa shape index (κ3) is 3.93. The first kappa shape index (κ1) is 15.6. The van der Waals surface area contributed by atoms with Crippen LogP contribution in [0.2, 0.25) is 0 Å². The lowest BCUT2D eigenvalue weighted by atomic mass is 10.1. The first-order valence-electron chi connectivity index (χ1n) is 8.02. The van der Waals surface area contributed by atoms with Gasteiger partial charge in [0.15, 0.2) is 0 Å². The van der Waals surface area contributed by atoms with Gasteiger partial charge in [-0.3, -0.25) is 4.90 Å². The van der Waals surface area contributed by atoms with Crippen LogP contribution in [0.25, 0.3) is 11.1 Å². The molecule has 0 aliphatic carbocycles. The summed E-state index contributed by atoms with van der Waals surface area (Å²) in [5, 5.41) is 0. The highest BCUT2D eigenvalue weighted by Gasteiger charge is 2.21. The summed E-state index contributed by atoms with van der Waals surface area (Å²) < 4.78 is 10.2. The van der Waals surface area contributed by atoms with Crippen molar-refractivity contribution in [3.8, 4) is 11.1 Å². The van der Waals surface area contributed by atoms with Crippen LogP contribution in [0.5, 0.6) is 0 Å². The van der Waals surface area contributed by atoms with Crippen molar-refractivity contribution in [1.82, 2.24) is 9.80 Å². The van der Waals surface area contributed by atoms with Gasteiger partial charge in [-0.1, -0.05) is 18.2 Å². The molecule has 23 heavy (non-hydrogen) atoms. The average Bonchev–Trinajstić information content (AvgIpc) is 3.11. The number of nitrogens with zero attached hydrogens (tertiary/aromatic N) is 2. The van der Waals surface area contributed by atoms with Gasteiger partial charge in [0.1, 0.15) is 0 Å². The molecule has 1 aromatic carbocycles. The van der Waals surface area contributed by atoms with Gasteiger partial charge >= 0.3 is 6.09 Å². The van der Waals surface area contributed by atoms with Gasteiger partial charge in [0.25, 0.3) is 0 Å². The molecule has 1 aromatic heterocycles. The van der Waals surface area contributed by atoms with Crippen molar-refractivity contribution in [3.05, 3.63) is 48.4 Å². The predicted octanol–water partition coefficient (Wildman–Crippen LogP) is 3.22. The van der Waals surface area contributed by atoms with Gasteiger partial charge in [0, 0.05) is 38.3 Å². The van der Waals surface area contributed by atoms with Gasteiger partial charge in [-0.05, 0) is 30.2 Å². The van der Waals surface area contributed by atoms with E-state index in [9.17, 15) is 4.79 Å². The summed E-state index contributed by atoms with van der Waals surface area (Å²) in [7, 11) is 0. The Bertz CT molecular complexity index is 631. The smallest absolute Gasteiger partial charge is 0.409 e. The minimum absolute atomic E-state index is 0.200. The van der Waals surface area contributed by atoms with Gasteiger partial charge in [-0.2, -0.15) is 0 Å². The number of hydrogen-bond acceptors (Lipinski definition) is 4. The molecule has 2 aromatic rings. The largest absolute Gasteiger partial charge is 0.472 e. The predicted molar refractivity (Wildman–Crippen MR) is 88.0 cm³/mol. The molecule has 0 radical (unpaired) electrons. The number of furan rings is 1. The summed E-state index contributed by atoms with van der Waals surface area (Å²) in [4.78, 5) is 15.9. The molecule has 0 saturated carbocycles. The third-order valence-electron chi connectivity index (χ3n) is 4.09. The third-order valence-corrected chi connectivity index (χ3v) is 4.09. The van der Waals surface area contributed by atoms with E-state index >= 15 is 0 Å². The lowest BCUT2D eigenvalue weighted by molar-refractivity contribution is 0.0778. The number of carbonyl (C=O) groups excluding carboxylic acids is 1. The second-order valence-electron chi connectivity index (χ2n) is 5.67. The molecular formula is C18H22N2O3. The lowest BCUT2D eigenvalue weighted by Crippen LogP contribution is -2.48. The Morgan fingerprint density at radius 3 is 2.70 bits per heavy atom. The van der Waals surface area contributed by atoms with Crippen molar-refractivity contribution in [3.63, 3.8) is 0 Å². The molecule has 1 saturated heterocycles. The van der Waals surface area contributed by atoms with Gasteiger partial charge in [-0.25, -0.2) is 4.79 Å². The van der Waals surface area contributed by atoms with Crippen LogP contribution in [0.4, 0.5) is 4.79 Å². The van der Waals surface area contributed by atoms with Crippen molar-refractivity contribution in [1.29, 1.82) is 0 Å². The van der Waals surface area contributed by atoms with Crippen LogP contribution < -0.4 is 0 Å². The van der Waals surface area contributed by atoms with Crippen LogP contribution in [-0.4, -0.2) is 48.7 Å². The Labute approximate surface area is 136 Å². The van der Waals surface area contributed by atoms with E-state index in [2.05, 4.69) is 29.2 Å². The summed E-state index contributed by atoms with van der Waals surface area (Å²) in [6.07, 6.45) is 3.25. The van der Waals surface area contributed by atoms with Crippen molar-refractivity contribution in [2.24, 2.45) is 0 Å². The fraction of sp³-hybridized carbons (Fsp3) is 0.389. The zero-order chi connectivity index (χ0) is 16.1. The Hall–Kier alpha value is -2.27. The topological polar surface area (TPSA) is 45.9 Å². The van der Waals surface area contributed by atoms with E-state index in [0.29, 0.717) is 6.61 Å². The first-order valence-corrected chi connectivity index (χ1v) is 8.02. The Kier molecular flexibility index (Phi) is 4.98. The summed E-state index contributed by atoms with van der Waals surface area (Å²) in [5.41, 5.74) is 3.54. The molecule has 5 nitrogen and oxygen atoms in total. The summed E-state index contributed by atoms with van der Waals surface area (Å²) in [5.74, 6) is 0. The molecule has 0 N–H and O–H groups in total. The van der Waals surface area contributed by atoms with Gasteiger partial charge in [0.2, 0.25) is 0 Å². The van der Waals surface area contributed by atoms with E-state index in [1.54, 1.807) is 17.4 Å². The SMILES string of the molecule is CCOC(=O)N1CCN(Cc2cccc(-c3ccoc3)c2)CC1. The number of ether oxygens (including phenoxy) is 1. The van der Waals surface area contributed by atoms with E-state index in [-0.39, 0.29) is 6.09 Å². The number of benzene rings is 1. The maximum absolute atomic E-state index is 11.7. The van der Waals surface area contributed by atoms with Crippen LogP contribution in [0.15, 0.2) is 47.3 Å². The maximum atomic E-state index is 11.7. The average molecular weight is 314 g/mol. The van der Waals surface area contributed by atoms with Crippen molar-refractivity contribution >= 4 is 6.09 Å². The van der Waals surface area contributed by atoms with Crippen molar-refractivity contribution in [2.45, 2.75) is 13.5 Å². The molecule has 0 unspecified atom stereocenters. The normalized spacial score (nSPS) is 15.6. The minimum atomic E-state index is -0.200. The summed E-state index contributed by atoms with van der Waals surface area (Å²) in [6.45, 7) is 6.34. The van der Waals surface area contributed by atoms with Crippen molar-refractivity contribution in [2.75, 3.05) is 32.8 Å². The summed E-state index contributed by atoms with van der Waals surface area (Å²) >= 11 is 0. The highest BCUT2D eigenvalue weighted by molar-refractivity contribution is 5.67. The Morgan fingerprint density at radius 1 is 1.17 bits per heavy atom. The lowest BCUT2D eigenvalue weighted by Gasteiger charge is -2.34. The quantitative estimate of drug-likeness (QED) is 0.869. The molecule has 1 fully saturated rings. The van der Waals surface area contributed by atoms with Crippen LogP contribution in [0.3, 0.4) is 0 Å². The minimum Gasteiger partial charge on any atom is -0.472 e. The van der Waals surface area contributed by atoms with Crippen LogP contribution in [0.1, 0.15) is 12.5 Å². The van der Waals surface area contributed by atoms with E-state index in [0.717, 1.165) is 38.3 Å². The number of rotatable bonds is 4. The fourth-order valence-electron chi connectivity index (χ4n) is 2.84. The Morgan fingerprint density at radius 2 is 2.00 bits per heavy atom. The van der Waals surface area contributed by atoms with Gasteiger partial charge in [0.05, 0.1) is 19.1 Å². The van der Waals surface area contributed by atoms with Crippen LogP contribution in [0, 0.1) is 0 Å². The fourth-order valence-corrected chi connectivity index (χ4v) is 2.84. The molecule has 0 spiro atoms. The second kappa shape index (κ2) is 7.33. The van der Waals surface area contributed by atoms with Gasteiger partial charge in [-0.15, -0.1) is 0 Å². The molecule has 5 heteroatoms. The van der Waals surface area contributed by atoms with E-state index in [1.165, 1.54) is 11.1 Å². The second-order valence-corrected chi connectivity index (χ2v) is 5.67. The number of piperazine rings is 1. The van der Waals surface area contributed by atoms with Gasteiger partial charge < -0.3 is 14.1 Å². The Balaban J connectivity index is 1.57. The maximum Gasteiger partial charge on any atom is 0.409 e. The number of hydrogen-bond donors (Lipinski definition) is 0. The van der Waals surface area contributed by atoms with Crippen LogP contribution >= 0.6 is 0 Å². The van der Waals surface area contributed by atoms with E-state index < -0.39 is 0 Å². The van der Waals surface area contributed by atoms with E-state index in [4.69, 9.17) is 9.15 Å². The zero-order valence-electron chi connectivity index (χ0n) is 13.4. The highest BCUT2D eigenvalue weighted by Crippen LogP contribution is 2.21. The zero-order valence-corrected chi connectivity index (χ0v) is 13.4. The number of carbonyl (C=O) groups is 1. The molecule has 0 atom stereocenters.